The number of carbonyl (C=O) groups is 2. The Labute approximate surface area is 189 Å². The lowest BCUT2D eigenvalue weighted by atomic mass is 10.2. The predicted octanol–water partition coefficient (Wildman–Crippen LogP) is 3.12. The van der Waals surface area contributed by atoms with Gasteiger partial charge in [0.1, 0.15) is 0 Å². The first-order valence-corrected chi connectivity index (χ1v) is 11.8. The van der Waals surface area contributed by atoms with Crippen molar-refractivity contribution in [2.75, 3.05) is 38.0 Å². The first kappa shape index (κ1) is 24.1. The van der Waals surface area contributed by atoms with Gasteiger partial charge < -0.3 is 10.2 Å². The molecule has 32 heavy (non-hydrogen) atoms. The standard InChI is InChI=1S/C21H22ClF2N3O4S/c22-16-6-3-5-15(13-16)20(29)27-10-4-9-26(11-12-27)14-19(28)25-17-7-1-2-8-18(17)32(30,31)21(23)24/h1-3,5-8,13,21H,4,9-12,14H2,(H,25,28). The number of hydrogen-bond donors (Lipinski definition) is 1. The van der Waals surface area contributed by atoms with Crippen LogP contribution in [0.3, 0.4) is 0 Å². The highest BCUT2D eigenvalue weighted by atomic mass is 35.5. The average molecular weight is 486 g/mol. The van der Waals surface area contributed by atoms with E-state index >= 15 is 0 Å². The first-order valence-electron chi connectivity index (χ1n) is 9.86. The van der Waals surface area contributed by atoms with E-state index in [2.05, 4.69) is 5.32 Å². The molecule has 7 nitrogen and oxygen atoms in total. The molecule has 1 N–H and O–H groups in total. The van der Waals surface area contributed by atoms with E-state index in [4.69, 9.17) is 11.6 Å². The largest absolute Gasteiger partial charge is 0.341 e. The molecule has 0 aliphatic carbocycles. The molecule has 11 heteroatoms. The van der Waals surface area contributed by atoms with Crippen LogP contribution in [0.1, 0.15) is 16.8 Å². The fraction of sp³-hybridized carbons (Fsp3) is 0.333. The minimum absolute atomic E-state index is 0.0672. The third kappa shape index (κ3) is 5.81. The zero-order valence-electron chi connectivity index (χ0n) is 17.0. The molecule has 2 aromatic carbocycles. The molecule has 1 aliphatic rings. The number of alkyl halides is 2. The second kappa shape index (κ2) is 10.4. The summed E-state index contributed by atoms with van der Waals surface area (Å²) in [5.41, 5.74) is 0.297. The molecule has 0 atom stereocenters. The maximum atomic E-state index is 12.9. The van der Waals surface area contributed by atoms with Crippen LogP contribution in [-0.2, 0) is 14.6 Å². The summed E-state index contributed by atoms with van der Waals surface area (Å²) < 4.78 is 49.6. The van der Waals surface area contributed by atoms with Crippen LogP contribution in [0.2, 0.25) is 5.02 Å². The van der Waals surface area contributed by atoms with E-state index in [1.165, 1.54) is 18.2 Å². The molecule has 0 spiro atoms. The number of rotatable bonds is 6. The third-order valence-electron chi connectivity index (χ3n) is 5.02. The number of para-hydroxylation sites is 1. The normalized spacial score (nSPS) is 15.4. The van der Waals surface area contributed by atoms with Crippen LogP contribution in [0.5, 0.6) is 0 Å². The molecule has 3 rings (SSSR count). The number of nitrogens with zero attached hydrogens (tertiary/aromatic N) is 2. The zero-order chi connectivity index (χ0) is 23.3. The molecule has 0 bridgehead atoms. The van der Waals surface area contributed by atoms with E-state index in [9.17, 15) is 26.8 Å². The van der Waals surface area contributed by atoms with Gasteiger partial charge in [0, 0.05) is 36.8 Å². The number of carbonyl (C=O) groups excluding carboxylic acids is 2. The molecule has 0 aromatic heterocycles. The second-order valence-corrected chi connectivity index (χ2v) is 9.60. The highest BCUT2D eigenvalue weighted by Crippen LogP contribution is 2.26. The van der Waals surface area contributed by atoms with Crippen LogP contribution in [0.4, 0.5) is 14.5 Å². The lowest BCUT2D eigenvalue weighted by molar-refractivity contribution is -0.117. The summed E-state index contributed by atoms with van der Waals surface area (Å²) in [7, 11) is -4.85. The molecule has 1 heterocycles. The van der Waals surface area contributed by atoms with Crippen LogP contribution >= 0.6 is 11.6 Å². The van der Waals surface area contributed by atoms with Crippen molar-refractivity contribution in [2.45, 2.75) is 17.1 Å². The topological polar surface area (TPSA) is 86.8 Å². The molecule has 0 radical (unpaired) electrons. The molecular weight excluding hydrogens is 464 g/mol. The highest BCUT2D eigenvalue weighted by Gasteiger charge is 2.29. The van der Waals surface area contributed by atoms with Crippen molar-refractivity contribution in [2.24, 2.45) is 0 Å². The fourth-order valence-electron chi connectivity index (χ4n) is 3.44. The van der Waals surface area contributed by atoms with Crippen molar-refractivity contribution >= 4 is 38.9 Å². The van der Waals surface area contributed by atoms with E-state index in [0.29, 0.717) is 43.2 Å². The number of nitrogens with one attached hydrogen (secondary N) is 1. The molecule has 1 saturated heterocycles. The number of sulfone groups is 1. The lowest BCUT2D eigenvalue weighted by Crippen LogP contribution is -2.38. The smallest absolute Gasteiger partial charge is 0.337 e. The van der Waals surface area contributed by atoms with Gasteiger partial charge in [-0.1, -0.05) is 29.8 Å². The van der Waals surface area contributed by atoms with Gasteiger partial charge in [0.2, 0.25) is 15.7 Å². The third-order valence-corrected chi connectivity index (χ3v) is 6.69. The predicted molar refractivity (Wildman–Crippen MR) is 117 cm³/mol. The lowest BCUT2D eigenvalue weighted by Gasteiger charge is -2.22. The zero-order valence-corrected chi connectivity index (χ0v) is 18.6. The van der Waals surface area contributed by atoms with Gasteiger partial charge >= 0.3 is 5.76 Å². The number of halogens is 3. The van der Waals surface area contributed by atoms with Crippen LogP contribution in [0.25, 0.3) is 0 Å². The van der Waals surface area contributed by atoms with Crippen molar-refractivity contribution in [3.05, 3.63) is 59.1 Å². The van der Waals surface area contributed by atoms with Gasteiger partial charge in [-0.25, -0.2) is 8.42 Å². The quantitative estimate of drug-likeness (QED) is 0.679. The number of anilines is 1. The van der Waals surface area contributed by atoms with Crippen molar-refractivity contribution in [3.8, 4) is 0 Å². The SMILES string of the molecule is O=C(CN1CCCN(C(=O)c2cccc(Cl)c2)CC1)Nc1ccccc1S(=O)(=O)C(F)F. The molecule has 2 aromatic rings. The summed E-state index contributed by atoms with van der Waals surface area (Å²) in [6, 6.07) is 11.7. The molecule has 172 valence electrons. The Balaban J connectivity index is 1.61. The van der Waals surface area contributed by atoms with Crippen LogP contribution in [0.15, 0.2) is 53.4 Å². The summed E-state index contributed by atoms with van der Waals surface area (Å²) >= 11 is 5.96. The van der Waals surface area contributed by atoms with Crippen molar-refractivity contribution in [1.82, 2.24) is 9.80 Å². The maximum Gasteiger partial charge on any atom is 0.341 e. The Bertz CT molecular complexity index is 1100. The van der Waals surface area contributed by atoms with Crippen molar-refractivity contribution < 1.29 is 26.8 Å². The molecule has 2 amide bonds. The van der Waals surface area contributed by atoms with Gasteiger partial charge in [0.15, 0.2) is 0 Å². The van der Waals surface area contributed by atoms with E-state index < -0.39 is 26.4 Å². The van der Waals surface area contributed by atoms with Gasteiger partial charge in [0.25, 0.3) is 5.91 Å². The summed E-state index contributed by atoms with van der Waals surface area (Å²) in [5, 5.41) is 2.89. The molecule has 0 saturated carbocycles. The second-order valence-electron chi connectivity index (χ2n) is 7.28. The van der Waals surface area contributed by atoms with Gasteiger partial charge in [-0.15, -0.1) is 0 Å². The van der Waals surface area contributed by atoms with E-state index in [-0.39, 0.29) is 18.1 Å². The minimum Gasteiger partial charge on any atom is -0.337 e. The number of hydrogen-bond acceptors (Lipinski definition) is 5. The van der Waals surface area contributed by atoms with Crippen molar-refractivity contribution in [3.63, 3.8) is 0 Å². The van der Waals surface area contributed by atoms with Crippen LogP contribution in [0, 0.1) is 0 Å². The summed E-state index contributed by atoms with van der Waals surface area (Å²) in [4.78, 5) is 28.1. The van der Waals surface area contributed by atoms with Crippen molar-refractivity contribution in [1.29, 1.82) is 0 Å². The van der Waals surface area contributed by atoms with E-state index in [0.717, 1.165) is 6.07 Å². The fourth-order valence-corrected chi connectivity index (χ4v) is 4.52. The van der Waals surface area contributed by atoms with Crippen LogP contribution < -0.4 is 5.32 Å². The van der Waals surface area contributed by atoms with Crippen LogP contribution in [-0.4, -0.2) is 68.5 Å². The average Bonchev–Trinajstić information content (AvgIpc) is 2.99. The molecular formula is C21H22ClF2N3O4S. The van der Waals surface area contributed by atoms with Gasteiger partial charge in [0.05, 0.1) is 17.1 Å². The van der Waals surface area contributed by atoms with E-state index in [1.807, 2.05) is 4.90 Å². The Kier molecular flexibility index (Phi) is 7.81. The molecule has 1 aliphatic heterocycles. The monoisotopic (exact) mass is 485 g/mol. The highest BCUT2D eigenvalue weighted by molar-refractivity contribution is 7.91. The minimum atomic E-state index is -4.85. The number of benzene rings is 2. The summed E-state index contributed by atoms with van der Waals surface area (Å²) in [5.74, 6) is -4.27. The molecule has 1 fully saturated rings. The number of amides is 2. The Morgan fingerprint density at radius 2 is 1.78 bits per heavy atom. The Morgan fingerprint density at radius 1 is 1.03 bits per heavy atom. The maximum absolute atomic E-state index is 12.9. The Hall–Kier alpha value is -2.56. The van der Waals surface area contributed by atoms with Gasteiger partial charge in [-0.05, 0) is 36.8 Å². The first-order chi connectivity index (χ1) is 15.2. The van der Waals surface area contributed by atoms with Gasteiger partial charge in [-0.2, -0.15) is 8.78 Å². The Morgan fingerprint density at radius 3 is 2.50 bits per heavy atom. The summed E-state index contributed by atoms with van der Waals surface area (Å²) in [6.07, 6.45) is 0.635. The molecule has 0 unspecified atom stereocenters. The van der Waals surface area contributed by atoms with Gasteiger partial charge in [-0.3, -0.25) is 14.5 Å². The van der Waals surface area contributed by atoms with E-state index in [1.54, 1.807) is 29.2 Å². The summed E-state index contributed by atoms with van der Waals surface area (Å²) in [6.45, 7) is 1.82.